The maximum atomic E-state index is 12.0. The first-order valence-electron chi connectivity index (χ1n) is 7.49. The van der Waals surface area contributed by atoms with E-state index in [1.807, 2.05) is 6.92 Å². The molecule has 128 valence electrons. The van der Waals surface area contributed by atoms with Crippen molar-refractivity contribution in [3.05, 3.63) is 0 Å². The average Bonchev–Trinajstić information content (AvgIpc) is 3.33. The largest absolute Gasteiger partial charge is 0.378 e. The molecule has 22 heavy (non-hydrogen) atoms. The summed E-state index contributed by atoms with van der Waals surface area (Å²) in [5.41, 5.74) is 5.49. The van der Waals surface area contributed by atoms with Crippen LogP contribution in [0.2, 0.25) is 0 Å². The Hall–Kier alpha value is -0.500. The van der Waals surface area contributed by atoms with Crippen LogP contribution in [-0.2, 0) is 14.3 Å². The van der Waals surface area contributed by atoms with E-state index in [4.69, 9.17) is 10.5 Å². The molecule has 6 nitrogen and oxygen atoms in total. The SMILES string of the molecule is CC(CN)(NC(=O)CSCC(=O)N1CCOCC1)C1CC1.Cl. The van der Waals surface area contributed by atoms with Crippen LogP contribution in [0.1, 0.15) is 19.8 Å². The van der Waals surface area contributed by atoms with Crippen molar-refractivity contribution in [1.29, 1.82) is 0 Å². The van der Waals surface area contributed by atoms with Gasteiger partial charge in [-0.1, -0.05) is 0 Å². The van der Waals surface area contributed by atoms with Gasteiger partial charge in [-0.15, -0.1) is 24.2 Å². The highest BCUT2D eigenvalue weighted by atomic mass is 35.5. The quantitative estimate of drug-likeness (QED) is 0.686. The number of nitrogens with one attached hydrogen (secondary N) is 1. The summed E-state index contributed by atoms with van der Waals surface area (Å²) < 4.78 is 5.21. The van der Waals surface area contributed by atoms with Crippen LogP contribution in [0.4, 0.5) is 0 Å². The van der Waals surface area contributed by atoms with E-state index in [-0.39, 0.29) is 29.8 Å². The van der Waals surface area contributed by atoms with E-state index in [1.165, 1.54) is 11.8 Å². The summed E-state index contributed by atoms with van der Waals surface area (Å²) in [6, 6.07) is 0. The lowest BCUT2D eigenvalue weighted by Crippen LogP contribution is -2.53. The van der Waals surface area contributed by atoms with Crippen molar-refractivity contribution < 1.29 is 14.3 Å². The molecule has 2 rings (SSSR count). The molecule has 1 atom stereocenters. The molecule has 1 aliphatic heterocycles. The lowest BCUT2D eigenvalue weighted by atomic mass is 9.96. The van der Waals surface area contributed by atoms with Crippen LogP contribution in [0.3, 0.4) is 0 Å². The fraction of sp³-hybridized carbons (Fsp3) is 0.857. The van der Waals surface area contributed by atoms with Gasteiger partial charge in [0.25, 0.3) is 0 Å². The molecular formula is C14H26ClN3O3S. The minimum absolute atomic E-state index is 0. The normalized spacial score (nSPS) is 20.7. The summed E-state index contributed by atoms with van der Waals surface area (Å²) in [5, 5.41) is 3.03. The standard InChI is InChI=1S/C14H25N3O3S.ClH/c1-14(10-15,11-2-3-11)16-12(18)8-21-9-13(19)17-4-6-20-7-5-17;/h11H,2-10,15H2,1H3,(H,16,18);1H. The number of carbonyl (C=O) groups excluding carboxylic acids is 2. The number of nitrogens with two attached hydrogens (primary N) is 1. The molecule has 0 aromatic carbocycles. The first kappa shape index (κ1) is 19.5. The summed E-state index contributed by atoms with van der Waals surface area (Å²) in [4.78, 5) is 25.7. The molecule has 1 heterocycles. The molecule has 0 aromatic rings. The number of carbonyl (C=O) groups is 2. The second kappa shape index (κ2) is 8.96. The van der Waals surface area contributed by atoms with Gasteiger partial charge in [-0.3, -0.25) is 9.59 Å². The zero-order valence-electron chi connectivity index (χ0n) is 13.0. The lowest BCUT2D eigenvalue weighted by Gasteiger charge is -2.29. The Morgan fingerprint density at radius 3 is 2.50 bits per heavy atom. The Balaban J connectivity index is 0.00000242. The first-order chi connectivity index (χ1) is 10.0. The summed E-state index contributed by atoms with van der Waals surface area (Å²) in [6.45, 7) is 4.98. The predicted molar refractivity (Wildman–Crippen MR) is 90.3 cm³/mol. The van der Waals surface area contributed by atoms with Gasteiger partial charge in [-0.2, -0.15) is 0 Å². The van der Waals surface area contributed by atoms with Crippen molar-refractivity contribution >= 4 is 36.0 Å². The van der Waals surface area contributed by atoms with E-state index in [0.29, 0.717) is 50.3 Å². The maximum absolute atomic E-state index is 12.0. The van der Waals surface area contributed by atoms with Gasteiger partial charge < -0.3 is 20.7 Å². The number of rotatable bonds is 7. The van der Waals surface area contributed by atoms with Crippen LogP contribution >= 0.6 is 24.2 Å². The molecule has 1 saturated heterocycles. The Labute approximate surface area is 142 Å². The van der Waals surface area contributed by atoms with Gasteiger partial charge in [0.15, 0.2) is 0 Å². The maximum Gasteiger partial charge on any atom is 0.232 e. The van der Waals surface area contributed by atoms with Gasteiger partial charge in [0, 0.05) is 19.6 Å². The molecule has 1 unspecified atom stereocenters. The number of thioether (sulfide) groups is 1. The molecule has 0 bridgehead atoms. The van der Waals surface area contributed by atoms with Crippen molar-refractivity contribution in [1.82, 2.24) is 10.2 Å². The average molecular weight is 352 g/mol. The molecule has 0 spiro atoms. The second-order valence-corrected chi connectivity index (χ2v) is 6.92. The Kier molecular flexibility index (Phi) is 7.96. The van der Waals surface area contributed by atoms with E-state index in [0.717, 1.165) is 12.8 Å². The van der Waals surface area contributed by atoms with Crippen LogP contribution in [0.25, 0.3) is 0 Å². The number of hydrogen-bond acceptors (Lipinski definition) is 5. The predicted octanol–water partition coefficient (Wildman–Crippen LogP) is 0.244. The number of morpholine rings is 1. The minimum Gasteiger partial charge on any atom is -0.378 e. The van der Waals surface area contributed by atoms with E-state index < -0.39 is 0 Å². The van der Waals surface area contributed by atoms with E-state index in [2.05, 4.69) is 5.32 Å². The van der Waals surface area contributed by atoms with Crippen molar-refractivity contribution in [2.75, 3.05) is 44.4 Å². The van der Waals surface area contributed by atoms with E-state index >= 15 is 0 Å². The highest BCUT2D eigenvalue weighted by Crippen LogP contribution is 2.38. The molecule has 0 radical (unpaired) electrons. The third kappa shape index (κ3) is 5.61. The third-order valence-corrected chi connectivity index (χ3v) is 5.07. The molecule has 2 amide bonds. The van der Waals surface area contributed by atoms with Crippen molar-refractivity contribution in [2.24, 2.45) is 11.7 Å². The Morgan fingerprint density at radius 2 is 1.95 bits per heavy atom. The fourth-order valence-electron chi connectivity index (χ4n) is 2.53. The first-order valence-corrected chi connectivity index (χ1v) is 8.65. The fourth-order valence-corrected chi connectivity index (χ4v) is 3.25. The van der Waals surface area contributed by atoms with Gasteiger partial charge in [0.1, 0.15) is 0 Å². The molecule has 0 aromatic heterocycles. The summed E-state index contributed by atoms with van der Waals surface area (Å²) >= 11 is 1.36. The third-order valence-electron chi connectivity index (χ3n) is 4.15. The summed E-state index contributed by atoms with van der Waals surface area (Å²) in [6.07, 6.45) is 2.27. The van der Waals surface area contributed by atoms with Gasteiger partial charge >= 0.3 is 0 Å². The van der Waals surface area contributed by atoms with E-state index in [9.17, 15) is 9.59 Å². The summed E-state index contributed by atoms with van der Waals surface area (Å²) in [5.74, 6) is 1.20. The van der Waals surface area contributed by atoms with Crippen LogP contribution in [0.15, 0.2) is 0 Å². The van der Waals surface area contributed by atoms with Gasteiger partial charge in [0.05, 0.1) is 30.3 Å². The van der Waals surface area contributed by atoms with Gasteiger partial charge in [-0.25, -0.2) is 0 Å². The highest BCUT2D eigenvalue weighted by Gasteiger charge is 2.41. The number of nitrogens with zero attached hydrogens (tertiary/aromatic N) is 1. The van der Waals surface area contributed by atoms with Crippen LogP contribution < -0.4 is 11.1 Å². The molecule has 3 N–H and O–H groups in total. The van der Waals surface area contributed by atoms with Crippen molar-refractivity contribution in [2.45, 2.75) is 25.3 Å². The number of ether oxygens (including phenoxy) is 1. The van der Waals surface area contributed by atoms with Gasteiger partial charge in [-0.05, 0) is 25.7 Å². The van der Waals surface area contributed by atoms with Crippen LogP contribution in [0, 0.1) is 5.92 Å². The molecule has 2 fully saturated rings. The molecule has 8 heteroatoms. The van der Waals surface area contributed by atoms with E-state index in [1.54, 1.807) is 4.90 Å². The van der Waals surface area contributed by atoms with Crippen LogP contribution in [0.5, 0.6) is 0 Å². The Morgan fingerprint density at radius 1 is 1.32 bits per heavy atom. The monoisotopic (exact) mass is 351 g/mol. The summed E-state index contributed by atoms with van der Waals surface area (Å²) in [7, 11) is 0. The second-order valence-electron chi connectivity index (χ2n) is 5.93. The minimum atomic E-state index is -0.286. The zero-order valence-corrected chi connectivity index (χ0v) is 14.6. The number of halogens is 1. The van der Waals surface area contributed by atoms with Gasteiger partial charge in [0.2, 0.25) is 11.8 Å². The van der Waals surface area contributed by atoms with Crippen molar-refractivity contribution in [3.63, 3.8) is 0 Å². The highest BCUT2D eigenvalue weighted by molar-refractivity contribution is 8.00. The molecular weight excluding hydrogens is 326 g/mol. The Bertz CT molecular complexity index is 390. The zero-order chi connectivity index (χ0) is 15.3. The van der Waals surface area contributed by atoms with Crippen LogP contribution in [-0.4, -0.2) is 66.6 Å². The molecule has 2 aliphatic rings. The van der Waals surface area contributed by atoms with Crippen molar-refractivity contribution in [3.8, 4) is 0 Å². The lowest BCUT2D eigenvalue weighted by molar-refractivity contribution is -0.132. The molecule has 1 saturated carbocycles. The molecule has 1 aliphatic carbocycles. The number of amides is 2. The topological polar surface area (TPSA) is 84.7 Å². The number of hydrogen-bond donors (Lipinski definition) is 2. The smallest absolute Gasteiger partial charge is 0.232 e.